The highest BCUT2D eigenvalue weighted by Gasteiger charge is 2.09. The molecule has 0 aliphatic rings. The normalized spacial score (nSPS) is 11.1. The number of hydrogen-bond donors (Lipinski definition) is 0. The maximum Gasteiger partial charge on any atom is 0.180 e. The van der Waals surface area contributed by atoms with Crippen molar-refractivity contribution < 1.29 is 0 Å². The molecule has 0 saturated carbocycles. The molecule has 0 radical (unpaired) electrons. The molecular weight excluding hydrogens is 244 g/mol. The van der Waals surface area contributed by atoms with Gasteiger partial charge in [-0.25, -0.2) is 0 Å². The zero-order valence-corrected chi connectivity index (χ0v) is 9.74. The number of aromatic nitrogens is 4. The molecule has 16 heavy (non-hydrogen) atoms. The smallest absolute Gasteiger partial charge is 0.180 e. The number of hydrogen-bond acceptors (Lipinski definition) is 4. The van der Waals surface area contributed by atoms with Crippen molar-refractivity contribution in [2.75, 3.05) is 0 Å². The molecule has 0 aliphatic carbocycles. The SMILES string of the molecule is Clc1cncc2nnc(Cc3ccsc3)n12. The number of halogens is 1. The summed E-state index contributed by atoms with van der Waals surface area (Å²) in [5.41, 5.74) is 1.89. The Morgan fingerprint density at radius 1 is 1.31 bits per heavy atom. The second-order valence-electron chi connectivity index (χ2n) is 3.35. The van der Waals surface area contributed by atoms with E-state index in [-0.39, 0.29) is 0 Å². The van der Waals surface area contributed by atoms with E-state index in [1.807, 2.05) is 9.78 Å². The van der Waals surface area contributed by atoms with Gasteiger partial charge in [0.2, 0.25) is 0 Å². The van der Waals surface area contributed by atoms with Gasteiger partial charge in [-0.05, 0) is 22.4 Å². The highest BCUT2D eigenvalue weighted by atomic mass is 35.5. The Morgan fingerprint density at radius 2 is 2.25 bits per heavy atom. The highest BCUT2D eigenvalue weighted by molar-refractivity contribution is 7.07. The van der Waals surface area contributed by atoms with Crippen LogP contribution in [0.2, 0.25) is 5.15 Å². The van der Waals surface area contributed by atoms with E-state index < -0.39 is 0 Å². The molecule has 80 valence electrons. The van der Waals surface area contributed by atoms with Crippen molar-refractivity contribution >= 4 is 28.6 Å². The summed E-state index contributed by atoms with van der Waals surface area (Å²) in [6.07, 6.45) is 3.97. The minimum atomic E-state index is 0.535. The molecule has 0 aliphatic heterocycles. The summed E-state index contributed by atoms with van der Waals surface area (Å²) < 4.78 is 1.81. The van der Waals surface area contributed by atoms with Crippen molar-refractivity contribution in [3.05, 3.63) is 45.8 Å². The Labute approximate surface area is 101 Å². The van der Waals surface area contributed by atoms with E-state index in [1.165, 1.54) is 5.56 Å². The van der Waals surface area contributed by atoms with Gasteiger partial charge in [0, 0.05) is 6.42 Å². The van der Waals surface area contributed by atoms with E-state index in [2.05, 4.69) is 26.6 Å². The molecule has 0 bridgehead atoms. The quantitative estimate of drug-likeness (QED) is 0.702. The Kier molecular flexibility index (Phi) is 2.34. The van der Waals surface area contributed by atoms with Crippen molar-refractivity contribution in [1.29, 1.82) is 0 Å². The molecule has 0 unspecified atom stereocenters. The summed E-state index contributed by atoms with van der Waals surface area (Å²) in [7, 11) is 0. The zero-order chi connectivity index (χ0) is 11.0. The number of nitrogens with zero attached hydrogens (tertiary/aromatic N) is 4. The molecule has 3 aromatic rings. The summed E-state index contributed by atoms with van der Waals surface area (Å²) in [5, 5.41) is 12.8. The van der Waals surface area contributed by atoms with E-state index >= 15 is 0 Å². The summed E-state index contributed by atoms with van der Waals surface area (Å²) in [6, 6.07) is 2.07. The lowest BCUT2D eigenvalue weighted by Crippen LogP contribution is -1.97. The van der Waals surface area contributed by atoms with Gasteiger partial charge in [0.05, 0.1) is 12.4 Å². The molecule has 0 spiro atoms. The maximum atomic E-state index is 6.07. The second kappa shape index (κ2) is 3.84. The first-order chi connectivity index (χ1) is 7.84. The first-order valence-corrected chi connectivity index (χ1v) is 6.01. The molecular formula is C10H7ClN4S. The Hall–Kier alpha value is -1.46. The molecule has 0 saturated heterocycles. The molecule has 0 atom stereocenters. The molecule has 0 aromatic carbocycles. The van der Waals surface area contributed by atoms with Gasteiger partial charge in [0.15, 0.2) is 5.65 Å². The predicted molar refractivity (Wildman–Crippen MR) is 62.9 cm³/mol. The van der Waals surface area contributed by atoms with Crippen LogP contribution >= 0.6 is 22.9 Å². The molecule has 3 heterocycles. The predicted octanol–water partition coefficient (Wildman–Crippen LogP) is 2.43. The number of rotatable bonds is 2. The lowest BCUT2D eigenvalue weighted by molar-refractivity contribution is 0.934. The van der Waals surface area contributed by atoms with Crippen LogP contribution in [0.1, 0.15) is 11.4 Å². The van der Waals surface area contributed by atoms with Gasteiger partial charge in [0.25, 0.3) is 0 Å². The number of fused-ring (bicyclic) bond motifs is 1. The monoisotopic (exact) mass is 250 g/mol. The van der Waals surface area contributed by atoms with Gasteiger partial charge in [-0.1, -0.05) is 11.6 Å². The van der Waals surface area contributed by atoms with E-state index in [0.717, 1.165) is 12.2 Å². The maximum absolute atomic E-state index is 6.07. The lowest BCUT2D eigenvalue weighted by Gasteiger charge is -1.99. The Bertz CT molecular complexity index is 617. The second-order valence-corrected chi connectivity index (χ2v) is 4.52. The third kappa shape index (κ3) is 1.58. The van der Waals surface area contributed by atoms with Crippen LogP contribution < -0.4 is 0 Å². The van der Waals surface area contributed by atoms with Crippen LogP contribution in [-0.2, 0) is 6.42 Å². The van der Waals surface area contributed by atoms with Crippen molar-refractivity contribution in [2.45, 2.75) is 6.42 Å². The van der Waals surface area contributed by atoms with Crippen molar-refractivity contribution in [3.8, 4) is 0 Å². The van der Waals surface area contributed by atoms with Gasteiger partial charge in [-0.15, -0.1) is 10.2 Å². The topological polar surface area (TPSA) is 43.1 Å². The van der Waals surface area contributed by atoms with Crippen LogP contribution in [0.5, 0.6) is 0 Å². The molecule has 0 N–H and O–H groups in total. The summed E-state index contributed by atoms with van der Waals surface area (Å²) in [4.78, 5) is 3.97. The summed E-state index contributed by atoms with van der Waals surface area (Å²) in [5.74, 6) is 0.834. The molecule has 3 aromatic heterocycles. The fourth-order valence-electron chi connectivity index (χ4n) is 1.56. The van der Waals surface area contributed by atoms with Crippen LogP contribution in [0.25, 0.3) is 5.65 Å². The summed E-state index contributed by atoms with van der Waals surface area (Å²) >= 11 is 7.74. The average Bonchev–Trinajstić information content (AvgIpc) is 2.90. The van der Waals surface area contributed by atoms with Gasteiger partial charge in [-0.2, -0.15) is 11.3 Å². The van der Waals surface area contributed by atoms with Crippen LogP contribution in [-0.4, -0.2) is 19.6 Å². The Morgan fingerprint density at radius 3 is 3.06 bits per heavy atom. The van der Waals surface area contributed by atoms with Gasteiger partial charge >= 0.3 is 0 Å². The standard InChI is InChI=1S/C10H7ClN4S/c11-8-4-12-5-10-14-13-9(15(8)10)3-7-1-2-16-6-7/h1-2,4-6H,3H2. The summed E-state index contributed by atoms with van der Waals surface area (Å²) in [6.45, 7) is 0. The van der Waals surface area contributed by atoms with Crippen LogP contribution in [0, 0.1) is 0 Å². The molecule has 0 amide bonds. The van der Waals surface area contributed by atoms with Crippen molar-refractivity contribution in [1.82, 2.24) is 19.6 Å². The zero-order valence-electron chi connectivity index (χ0n) is 8.17. The van der Waals surface area contributed by atoms with E-state index in [9.17, 15) is 0 Å². The van der Waals surface area contributed by atoms with Gasteiger partial charge in [-0.3, -0.25) is 9.38 Å². The van der Waals surface area contributed by atoms with Gasteiger partial charge in [0.1, 0.15) is 11.0 Å². The first kappa shape index (κ1) is 9.74. The van der Waals surface area contributed by atoms with Crippen LogP contribution in [0.15, 0.2) is 29.2 Å². The number of thiophene rings is 1. The highest BCUT2D eigenvalue weighted by Crippen LogP contribution is 2.16. The fourth-order valence-corrected chi connectivity index (χ4v) is 2.47. The molecule has 4 nitrogen and oxygen atoms in total. The average molecular weight is 251 g/mol. The van der Waals surface area contributed by atoms with Crippen LogP contribution in [0.4, 0.5) is 0 Å². The molecule has 3 rings (SSSR count). The largest absolute Gasteiger partial charge is 0.266 e. The first-order valence-electron chi connectivity index (χ1n) is 4.69. The minimum Gasteiger partial charge on any atom is -0.266 e. The molecule has 0 fully saturated rings. The third-order valence-corrected chi connectivity index (χ3v) is 3.28. The fraction of sp³-hybridized carbons (Fsp3) is 0.100. The van der Waals surface area contributed by atoms with E-state index in [1.54, 1.807) is 23.7 Å². The van der Waals surface area contributed by atoms with Crippen molar-refractivity contribution in [2.24, 2.45) is 0 Å². The van der Waals surface area contributed by atoms with Crippen molar-refractivity contribution in [3.63, 3.8) is 0 Å². The third-order valence-electron chi connectivity index (χ3n) is 2.28. The van der Waals surface area contributed by atoms with E-state index in [0.29, 0.717) is 10.8 Å². The van der Waals surface area contributed by atoms with Gasteiger partial charge < -0.3 is 0 Å². The Balaban J connectivity index is 2.10. The minimum absolute atomic E-state index is 0.535. The molecule has 6 heteroatoms. The van der Waals surface area contributed by atoms with E-state index in [4.69, 9.17) is 11.6 Å². The lowest BCUT2D eigenvalue weighted by atomic mass is 10.2. The van der Waals surface area contributed by atoms with Crippen LogP contribution in [0.3, 0.4) is 0 Å².